The number of thiocarbonyl (C=S) groups is 1. The molecule has 0 bridgehead atoms. The molecular weight excluding hydrogens is 290 g/mol. The van der Waals surface area contributed by atoms with Crippen molar-refractivity contribution >= 4 is 23.1 Å². The first-order valence-corrected chi connectivity index (χ1v) is 7.73. The first-order valence-electron chi connectivity index (χ1n) is 7.32. The molecule has 1 heterocycles. The summed E-state index contributed by atoms with van der Waals surface area (Å²) in [6, 6.07) is 8.35. The Morgan fingerprint density at radius 3 is 2.41 bits per heavy atom. The average molecular weight is 307 g/mol. The van der Waals surface area contributed by atoms with E-state index in [0.29, 0.717) is 11.5 Å². The molecule has 0 saturated heterocycles. The highest BCUT2D eigenvalue weighted by atomic mass is 32.1. The van der Waals surface area contributed by atoms with E-state index in [0.717, 1.165) is 12.0 Å². The van der Waals surface area contributed by atoms with Crippen molar-refractivity contribution in [2.24, 2.45) is 4.99 Å². The van der Waals surface area contributed by atoms with E-state index in [1.807, 2.05) is 12.1 Å². The number of aryl methyl sites for hydroxylation is 1. The lowest BCUT2D eigenvalue weighted by Crippen LogP contribution is -1.87. The van der Waals surface area contributed by atoms with E-state index in [1.165, 1.54) is 24.8 Å². The van der Waals surface area contributed by atoms with Crippen molar-refractivity contribution in [1.29, 1.82) is 0 Å². The Bertz CT molecular complexity index is 703. The van der Waals surface area contributed by atoms with Gasteiger partial charge in [-0.1, -0.05) is 37.8 Å². The van der Waals surface area contributed by atoms with Crippen molar-refractivity contribution in [3.63, 3.8) is 0 Å². The van der Waals surface area contributed by atoms with Crippen LogP contribution in [-0.4, -0.2) is 15.1 Å². The van der Waals surface area contributed by atoms with Crippen molar-refractivity contribution in [1.82, 2.24) is 9.97 Å². The van der Waals surface area contributed by atoms with Gasteiger partial charge < -0.3 is 0 Å². The van der Waals surface area contributed by atoms with Crippen molar-refractivity contribution in [2.45, 2.75) is 32.6 Å². The van der Waals surface area contributed by atoms with Gasteiger partial charge in [-0.05, 0) is 48.7 Å². The Morgan fingerprint density at radius 2 is 1.77 bits per heavy atom. The normalized spacial score (nSPS) is 9.50. The summed E-state index contributed by atoms with van der Waals surface area (Å²) in [5, 5.41) is 2.28. The third-order valence-corrected chi connectivity index (χ3v) is 3.25. The fourth-order valence-electron chi connectivity index (χ4n) is 1.96. The predicted octanol–water partition coefficient (Wildman–Crippen LogP) is 4.34. The van der Waals surface area contributed by atoms with Crippen LogP contribution in [0.15, 0.2) is 41.7 Å². The van der Waals surface area contributed by atoms with E-state index in [-0.39, 0.29) is 0 Å². The number of isothiocyanates is 1. The minimum Gasteiger partial charge on any atom is -0.227 e. The zero-order chi connectivity index (χ0) is 15.6. The maximum atomic E-state index is 4.53. The van der Waals surface area contributed by atoms with Crippen LogP contribution in [0.4, 0.5) is 5.69 Å². The van der Waals surface area contributed by atoms with Gasteiger partial charge in [-0.3, -0.25) is 0 Å². The van der Waals surface area contributed by atoms with E-state index in [4.69, 9.17) is 0 Å². The van der Waals surface area contributed by atoms with Crippen molar-refractivity contribution in [3.05, 3.63) is 53.6 Å². The quantitative estimate of drug-likeness (QED) is 0.357. The van der Waals surface area contributed by atoms with Gasteiger partial charge >= 0.3 is 0 Å². The molecule has 0 atom stereocenters. The van der Waals surface area contributed by atoms with E-state index >= 15 is 0 Å². The highest BCUT2D eigenvalue weighted by Crippen LogP contribution is 2.09. The van der Waals surface area contributed by atoms with Crippen LogP contribution in [0.1, 0.15) is 43.1 Å². The summed E-state index contributed by atoms with van der Waals surface area (Å²) in [6.07, 6.45) is 8.05. The van der Waals surface area contributed by atoms with Gasteiger partial charge in [0.05, 0.1) is 17.6 Å². The summed E-state index contributed by atoms with van der Waals surface area (Å²) < 4.78 is 0. The molecule has 0 radical (unpaired) electrons. The second kappa shape index (κ2) is 8.84. The zero-order valence-corrected chi connectivity index (χ0v) is 13.4. The number of hydrogen-bond donors (Lipinski definition) is 0. The number of benzene rings is 1. The predicted molar refractivity (Wildman–Crippen MR) is 92.4 cm³/mol. The fraction of sp³-hybridized carbons (Fsp3) is 0.278. The largest absolute Gasteiger partial charge is 0.227 e. The Morgan fingerprint density at radius 1 is 1.05 bits per heavy atom. The van der Waals surface area contributed by atoms with Gasteiger partial charge in [-0.2, -0.15) is 4.99 Å². The molecule has 0 amide bonds. The molecule has 0 aliphatic rings. The monoisotopic (exact) mass is 307 g/mol. The number of aromatic nitrogens is 2. The minimum absolute atomic E-state index is 0.468. The lowest BCUT2D eigenvalue weighted by molar-refractivity contribution is 0.717. The lowest BCUT2D eigenvalue weighted by Gasteiger charge is -2.00. The highest BCUT2D eigenvalue weighted by Gasteiger charge is 1.95. The zero-order valence-electron chi connectivity index (χ0n) is 12.5. The van der Waals surface area contributed by atoms with Gasteiger partial charge in [0.1, 0.15) is 5.69 Å². The molecule has 3 nitrogen and oxygen atoms in total. The van der Waals surface area contributed by atoms with E-state index in [9.17, 15) is 0 Å². The summed E-state index contributed by atoms with van der Waals surface area (Å²) in [4.78, 5) is 12.0. The minimum atomic E-state index is 0.468. The Hall–Kier alpha value is -2.34. The number of nitrogens with zero attached hydrogens (tertiary/aromatic N) is 3. The molecule has 0 fully saturated rings. The smallest absolute Gasteiger partial charge is 0.205 e. The molecule has 22 heavy (non-hydrogen) atoms. The van der Waals surface area contributed by atoms with Crippen LogP contribution in [0, 0.1) is 11.8 Å². The number of hydrogen-bond acceptors (Lipinski definition) is 4. The van der Waals surface area contributed by atoms with E-state index in [2.05, 4.69) is 63.2 Å². The third-order valence-electron chi connectivity index (χ3n) is 3.15. The van der Waals surface area contributed by atoms with Crippen molar-refractivity contribution < 1.29 is 0 Å². The summed E-state index contributed by atoms with van der Waals surface area (Å²) in [6.45, 7) is 2.22. The molecule has 1 aromatic carbocycles. The van der Waals surface area contributed by atoms with Gasteiger partial charge in [0.15, 0.2) is 0 Å². The molecule has 0 N–H and O–H groups in total. The van der Waals surface area contributed by atoms with Crippen LogP contribution in [0.3, 0.4) is 0 Å². The SMILES string of the molecule is CCCCCc1ccc(C#Cc2ncc(N=C=S)cn2)cc1. The Labute approximate surface area is 136 Å². The number of aliphatic imine (C=N–C) groups is 1. The number of rotatable bonds is 5. The standard InChI is InChI=1S/C18H17N3S/c1-2-3-4-5-15-6-8-16(9-7-15)10-11-18-19-12-17(13-20-18)21-14-22/h6-9,12-13H,2-5H2,1H3. The van der Waals surface area contributed by atoms with E-state index in [1.54, 1.807) is 12.4 Å². The second-order valence-electron chi connectivity index (χ2n) is 4.87. The van der Waals surface area contributed by atoms with Gasteiger partial charge in [0, 0.05) is 5.56 Å². The third kappa shape index (κ3) is 5.21. The topological polar surface area (TPSA) is 38.1 Å². The number of unbranched alkanes of at least 4 members (excludes halogenated alkanes) is 2. The van der Waals surface area contributed by atoms with Crippen LogP contribution in [0.5, 0.6) is 0 Å². The van der Waals surface area contributed by atoms with Gasteiger partial charge in [-0.15, -0.1) is 0 Å². The molecule has 110 valence electrons. The first kappa shape index (κ1) is 16.0. The van der Waals surface area contributed by atoms with Crippen LogP contribution < -0.4 is 0 Å². The maximum absolute atomic E-state index is 4.53. The molecular formula is C18H17N3S. The maximum Gasteiger partial charge on any atom is 0.205 e. The summed E-state index contributed by atoms with van der Waals surface area (Å²) in [7, 11) is 0. The van der Waals surface area contributed by atoms with Crippen LogP contribution >= 0.6 is 12.2 Å². The second-order valence-corrected chi connectivity index (χ2v) is 5.05. The highest BCUT2D eigenvalue weighted by molar-refractivity contribution is 7.78. The molecule has 4 heteroatoms. The summed E-state index contributed by atoms with van der Waals surface area (Å²) >= 11 is 4.53. The van der Waals surface area contributed by atoms with Crippen molar-refractivity contribution in [3.8, 4) is 11.8 Å². The average Bonchev–Trinajstić information content (AvgIpc) is 2.56. The van der Waals surface area contributed by atoms with Crippen LogP contribution in [-0.2, 0) is 6.42 Å². The fourth-order valence-corrected chi connectivity index (χ4v) is 2.06. The lowest BCUT2D eigenvalue weighted by atomic mass is 10.1. The van der Waals surface area contributed by atoms with Gasteiger partial charge in [0.25, 0.3) is 0 Å². The van der Waals surface area contributed by atoms with Crippen LogP contribution in [0.2, 0.25) is 0 Å². The van der Waals surface area contributed by atoms with Gasteiger partial charge in [-0.25, -0.2) is 9.97 Å². The molecule has 0 aliphatic heterocycles. The Balaban J connectivity index is 2.00. The molecule has 0 spiro atoms. The Kier molecular flexibility index (Phi) is 6.44. The summed E-state index contributed by atoms with van der Waals surface area (Å²) in [5.41, 5.74) is 2.90. The van der Waals surface area contributed by atoms with Crippen LogP contribution in [0.25, 0.3) is 0 Å². The van der Waals surface area contributed by atoms with Crippen molar-refractivity contribution in [2.75, 3.05) is 0 Å². The molecule has 0 aliphatic carbocycles. The first-order chi connectivity index (χ1) is 10.8. The molecule has 1 aromatic heterocycles. The molecule has 2 aromatic rings. The molecule has 2 rings (SSSR count). The van der Waals surface area contributed by atoms with E-state index < -0.39 is 0 Å². The summed E-state index contributed by atoms with van der Waals surface area (Å²) in [5.74, 6) is 6.47. The molecule has 0 unspecified atom stereocenters. The van der Waals surface area contributed by atoms with Gasteiger partial charge in [0.2, 0.25) is 5.82 Å². The molecule has 0 saturated carbocycles.